The zero-order valence-corrected chi connectivity index (χ0v) is 15.8. The molecular formula is C17H20ClN3S2. The molecule has 0 saturated carbocycles. The molecule has 0 fully saturated rings. The first kappa shape index (κ1) is 18.0. The average Bonchev–Trinajstić information content (AvgIpc) is 2.49. The normalized spacial score (nSPS) is 11.1. The lowest BCUT2D eigenvalue weighted by molar-refractivity contribution is 0.409. The average molecular weight is 366 g/mol. The SMILES string of the molecule is CC(C)(C)CNC(=S)Nc1cccnc1Sc1ccc(Cl)cc1. The van der Waals surface area contributed by atoms with Crippen LogP contribution in [-0.2, 0) is 0 Å². The van der Waals surface area contributed by atoms with Crippen molar-refractivity contribution in [2.45, 2.75) is 30.7 Å². The van der Waals surface area contributed by atoms with Crippen LogP contribution >= 0.6 is 35.6 Å². The van der Waals surface area contributed by atoms with Gasteiger partial charge in [0.2, 0.25) is 0 Å². The standard InChI is InChI=1S/C17H20ClN3S2/c1-17(2,3)11-20-16(22)21-14-5-4-10-19-15(14)23-13-8-6-12(18)7-9-13/h4-10H,11H2,1-3H3,(H2,20,21,22). The molecule has 0 saturated heterocycles. The summed E-state index contributed by atoms with van der Waals surface area (Å²) in [6.07, 6.45) is 1.77. The molecule has 0 aliphatic heterocycles. The summed E-state index contributed by atoms with van der Waals surface area (Å²) in [5.41, 5.74) is 1.06. The van der Waals surface area contributed by atoms with Crippen LogP contribution in [0.3, 0.4) is 0 Å². The summed E-state index contributed by atoms with van der Waals surface area (Å²) in [6, 6.07) is 11.5. The molecule has 0 spiro atoms. The second-order valence-electron chi connectivity index (χ2n) is 6.28. The van der Waals surface area contributed by atoms with Crippen molar-refractivity contribution in [1.82, 2.24) is 10.3 Å². The third-order valence-electron chi connectivity index (χ3n) is 2.83. The Labute approximate surface area is 152 Å². The van der Waals surface area contributed by atoms with Crippen molar-refractivity contribution in [2.75, 3.05) is 11.9 Å². The summed E-state index contributed by atoms with van der Waals surface area (Å²) >= 11 is 12.9. The Hall–Kier alpha value is -1.30. The van der Waals surface area contributed by atoms with Crippen molar-refractivity contribution in [3.05, 3.63) is 47.6 Å². The van der Waals surface area contributed by atoms with Crippen LogP contribution < -0.4 is 10.6 Å². The van der Waals surface area contributed by atoms with Crippen LogP contribution in [0.1, 0.15) is 20.8 Å². The number of anilines is 1. The predicted octanol–water partition coefficient (Wildman–Crippen LogP) is 5.22. The van der Waals surface area contributed by atoms with Crippen LogP contribution in [0, 0.1) is 5.41 Å². The maximum Gasteiger partial charge on any atom is 0.170 e. The van der Waals surface area contributed by atoms with Gasteiger partial charge in [-0.25, -0.2) is 4.98 Å². The third kappa shape index (κ3) is 6.37. The summed E-state index contributed by atoms with van der Waals surface area (Å²) < 4.78 is 0. The summed E-state index contributed by atoms with van der Waals surface area (Å²) in [7, 11) is 0. The van der Waals surface area contributed by atoms with Gasteiger partial charge >= 0.3 is 0 Å². The van der Waals surface area contributed by atoms with E-state index in [0.717, 1.165) is 27.2 Å². The van der Waals surface area contributed by atoms with Gasteiger partial charge in [0.1, 0.15) is 5.03 Å². The predicted molar refractivity (Wildman–Crippen MR) is 103 cm³/mol. The van der Waals surface area contributed by atoms with Gasteiger partial charge in [0.05, 0.1) is 5.69 Å². The summed E-state index contributed by atoms with van der Waals surface area (Å²) in [5, 5.41) is 8.66. The number of rotatable bonds is 4. The lowest BCUT2D eigenvalue weighted by Gasteiger charge is -2.20. The van der Waals surface area contributed by atoms with E-state index in [2.05, 4.69) is 36.4 Å². The number of benzene rings is 1. The monoisotopic (exact) mass is 365 g/mol. The number of nitrogens with one attached hydrogen (secondary N) is 2. The molecule has 1 heterocycles. The van der Waals surface area contributed by atoms with Gasteiger partial charge in [-0.2, -0.15) is 0 Å². The molecule has 1 aromatic heterocycles. The highest BCUT2D eigenvalue weighted by molar-refractivity contribution is 7.99. The highest BCUT2D eigenvalue weighted by atomic mass is 35.5. The lowest BCUT2D eigenvalue weighted by atomic mass is 9.97. The van der Waals surface area contributed by atoms with Crippen molar-refractivity contribution in [3.8, 4) is 0 Å². The Morgan fingerprint density at radius 1 is 1.22 bits per heavy atom. The fourth-order valence-electron chi connectivity index (χ4n) is 1.69. The zero-order chi connectivity index (χ0) is 16.9. The Morgan fingerprint density at radius 2 is 1.91 bits per heavy atom. The molecule has 3 nitrogen and oxygen atoms in total. The Bertz CT molecular complexity index is 666. The van der Waals surface area contributed by atoms with Gasteiger partial charge in [-0.1, -0.05) is 44.1 Å². The van der Waals surface area contributed by atoms with Crippen molar-refractivity contribution >= 4 is 46.4 Å². The molecule has 23 heavy (non-hydrogen) atoms. The molecule has 2 rings (SSSR count). The minimum Gasteiger partial charge on any atom is -0.362 e. The molecule has 0 amide bonds. The van der Waals surface area contributed by atoms with Gasteiger partial charge in [-0.05, 0) is 54.0 Å². The van der Waals surface area contributed by atoms with Gasteiger partial charge < -0.3 is 10.6 Å². The maximum atomic E-state index is 5.92. The fourth-order valence-corrected chi connectivity index (χ4v) is 2.84. The molecule has 0 bridgehead atoms. The molecule has 2 aromatic rings. The van der Waals surface area contributed by atoms with Gasteiger partial charge in [-0.15, -0.1) is 0 Å². The topological polar surface area (TPSA) is 37.0 Å². The number of aromatic nitrogens is 1. The molecule has 2 N–H and O–H groups in total. The van der Waals surface area contributed by atoms with E-state index in [9.17, 15) is 0 Å². The quantitative estimate of drug-likeness (QED) is 0.726. The Morgan fingerprint density at radius 3 is 2.57 bits per heavy atom. The summed E-state index contributed by atoms with van der Waals surface area (Å²) in [6.45, 7) is 7.29. The minimum atomic E-state index is 0.168. The molecule has 1 aromatic carbocycles. The fraction of sp³-hybridized carbons (Fsp3) is 0.294. The summed E-state index contributed by atoms with van der Waals surface area (Å²) in [5.74, 6) is 0. The van der Waals surface area contributed by atoms with Crippen LogP contribution in [0.15, 0.2) is 52.5 Å². The highest BCUT2D eigenvalue weighted by Gasteiger charge is 2.12. The molecule has 122 valence electrons. The van der Waals surface area contributed by atoms with E-state index < -0.39 is 0 Å². The first-order chi connectivity index (χ1) is 10.8. The van der Waals surface area contributed by atoms with Crippen molar-refractivity contribution in [3.63, 3.8) is 0 Å². The van der Waals surface area contributed by atoms with Crippen LogP contribution in [-0.4, -0.2) is 16.6 Å². The largest absolute Gasteiger partial charge is 0.362 e. The Balaban J connectivity index is 2.05. The first-order valence-corrected chi connectivity index (χ1v) is 8.87. The molecule has 0 unspecified atom stereocenters. The van der Waals surface area contributed by atoms with Gasteiger partial charge in [0.25, 0.3) is 0 Å². The Kier molecular flexibility index (Phi) is 6.27. The zero-order valence-electron chi connectivity index (χ0n) is 13.4. The number of hydrogen-bond acceptors (Lipinski definition) is 3. The van der Waals surface area contributed by atoms with Gasteiger partial charge in [-0.3, -0.25) is 0 Å². The lowest BCUT2D eigenvalue weighted by Crippen LogP contribution is -2.35. The highest BCUT2D eigenvalue weighted by Crippen LogP contribution is 2.32. The van der Waals surface area contributed by atoms with E-state index in [-0.39, 0.29) is 5.41 Å². The van der Waals surface area contributed by atoms with Crippen LogP contribution in [0.25, 0.3) is 0 Å². The number of thiocarbonyl (C=S) groups is 1. The van der Waals surface area contributed by atoms with E-state index in [0.29, 0.717) is 5.11 Å². The van der Waals surface area contributed by atoms with Crippen LogP contribution in [0.4, 0.5) is 5.69 Å². The molecule has 0 aliphatic carbocycles. The van der Waals surface area contributed by atoms with E-state index >= 15 is 0 Å². The second-order valence-corrected chi connectivity index (χ2v) is 8.19. The van der Waals surface area contributed by atoms with Gasteiger partial charge in [0.15, 0.2) is 5.11 Å². The van der Waals surface area contributed by atoms with Crippen LogP contribution in [0.5, 0.6) is 0 Å². The van der Waals surface area contributed by atoms with Crippen LogP contribution in [0.2, 0.25) is 5.02 Å². The van der Waals surface area contributed by atoms with Crippen molar-refractivity contribution in [2.24, 2.45) is 5.41 Å². The number of pyridine rings is 1. The molecule has 0 radical (unpaired) electrons. The third-order valence-corrected chi connectivity index (χ3v) is 4.35. The second kappa shape index (κ2) is 7.99. The maximum absolute atomic E-state index is 5.92. The molecule has 0 atom stereocenters. The van der Waals surface area contributed by atoms with Crippen molar-refractivity contribution < 1.29 is 0 Å². The molecule has 0 aliphatic rings. The minimum absolute atomic E-state index is 0.168. The number of hydrogen-bond donors (Lipinski definition) is 2. The van der Waals surface area contributed by atoms with E-state index in [4.69, 9.17) is 23.8 Å². The molecular weight excluding hydrogens is 346 g/mol. The number of nitrogens with zero attached hydrogens (tertiary/aromatic N) is 1. The van der Waals surface area contributed by atoms with Gasteiger partial charge in [0, 0.05) is 22.7 Å². The van der Waals surface area contributed by atoms with E-state index in [1.807, 2.05) is 36.4 Å². The summed E-state index contributed by atoms with van der Waals surface area (Å²) in [4.78, 5) is 5.51. The van der Waals surface area contributed by atoms with E-state index in [1.54, 1.807) is 18.0 Å². The number of halogens is 1. The van der Waals surface area contributed by atoms with Crippen molar-refractivity contribution in [1.29, 1.82) is 0 Å². The first-order valence-electron chi connectivity index (χ1n) is 7.27. The molecule has 6 heteroatoms. The smallest absolute Gasteiger partial charge is 0.170 e. The van der Waals surface area contributed by atoms with E-state index in [1.165, 1.54) is 0 Å².